The summed E-state index contributed by atoms with van der Waals surface area (Å²) in [5.74, 6) is 0. The van der Waals surface area contributed by atoms with Gasteiger partial charge in [0, 0.05) is 0 Å². The van der Waals surface area contributed by atoms with Crippen molar-refractivity contribution in [2.24, 2.45) is 0 Å². The Morgan fingerprint density at radius 3 is 2.90 bits per heavy atom. The van der Waals surface area contributed by atoms with Gasteiger partial charge in [0.15, 0.2) is 0 Å². The fourth-order valence-corrected chi connectivity index (χ4v) is 0.837. The maximum Gasteiger partial charge on any atom is -0.00871 e. The van der Waals surface area contributed by atoms with Gasteiger partial charge >= 0.3 is 0 Å². The molecule has 0 atom stereocenters. The second-order valence-electron chi connectivity index (χ2n) is 2.55. The van der Waals surface area contributed by atoms with E-state index in [2.05, 4.69) is 43.9 Å². The lowest BCUT2D eigenvalue weighted by Gasteiger charge is -1.93. The molecule has 0 spiro atoms. The normalized spacial score (nSPS) is 20.6. The summed E-state index contributed by atoms with van der Waals surface area (Å²) in [5.41, 5.74) is 5.70. The highest BCUT2D eigenvalue weighted by atomic mass is 13.9. The van der Waals surface area contributed by atoms with Crippen LogP contribution in [-0.4, -0.2) is 0 Å². The topological polar surface area (TPSA) is 0 Å². The molecule has 0 unspecified atom stereocenters. The van der Waals surface area contributed by atoms with Crippen LogP contribution in [0.2, 0.25) is 0 Å². The third-order valence-corrected chi connectivity index (χ3v) is 1.48. The highest BCUT2D eigenvalue weighted by molar-refractivity contribution is 5.27. The van der Waals surface area contributed by atoms with Gasteiger partial charge in [-0.2, -0.15) is 0 Å². The molecule has 0 aromatic rings. The van der Waals surface area contributed by atoms with Crippen molar-refractivity contribution in [2.45, 2.75) is 20.3 Å². The van der Waals surface area contributed by atoms with E-state index < -0.39 is 0 Å². The van der Waals surface area contributed by atoms with Crippen molar-refractivity contribution in [1.82, 2.24) is 0 Å². The zero-order chi connectivity index (χ0) is 7.40. The Hall–Kier alpha value is -1.00. The summed E-state index contributed by atoms with van der Waals surface area (Å²) < 4.78 is 0. The Morgan fingerprint density at radius 2 is 2.10 bits per heavy atom. The van der Waals surface area contributed by atoms with Crippen LogP contribution in [0.4, 0.5) is 0 Å². The van der Waals surface area contributed by atoms with E-state index >= 15 is 0 Å². The molecule has 0 N–H and O–H groups in total. The summed E-state index contributed by atoms with van der Waals surface area (Å²) in [4.78, 5) is 0. The van der Waals surface area contributed by atoms with Crippen LogP contribution in [0.15, 0.2) is 41.2 Å². The minimum Gasteiger partial charge on any atom is -0.122 e. The van der Waals surface area contributed by atoms with E-state index in [0.717, 1.165) is 6.42 Å². The Kier molecular flexibility index (Phi) is 2.30. The number of allylic oxidation sites excluding steroid dienone is 5. The Bertz CT molecular complexity index is 233. The molecular weight excluding hydrogens is 120 g/mol. The molecule has 0 saturated carbocycles. The molecular formula is C10H12. The zero-order valence-corrected chi connectivity index (χ0v) is 6.52. The summed E-state index contributed by atoms with van der Waals surface area (Å²) in [7, 11) is 0. The lowest BCUT2D eigenvalue weighted by molar-refractivity contribution is 1.31. The van der Waals surface area contributed by atoms with Crippen molar-refractivity contribution < 1.29 is 0 Å². The summed E-state index contributed by atoms with van der Waals surface area (Å²) >= 11 is 0. The lowest BCUT2D eigenvalue weighted by Crippen LogP contribution is -1.73. The average molecular weight is 132 g/mol. The van der Waals surface area contributed by atoms with Gasteiger partial charge in [-0.1, -0.05) is 23.8 Å². The molecule has 52 valence electrons. The van der Waals surface area contributed by atoms with Crippen LogP contribution in [0.3, 0.4) is 0 Å². The summed E-state index contributed by atoms with van der Waals surface area (Å²) in [5, 5.41) is 0. The average Bonchev–Trinajstić information content (AvgIpc) is 1.90. The molecule has 0 aromatic carbocycles. The molecule has 1 aliphatic carbocycles. The van der Waals surface area contributed by atoms with Gasteiger partial charge in [0.1, 0.15) is 0 Å². The molecule has 0 aromatic heterocycles. The van der Waals surface area contributed by atoms with Crippen molar-refractivity contribution in [1.29, 1.82) is 0 Å². The van der Waals surface area contributed by atoms with Gasteiger partial charge in [-0.25, -0.2) is 0 Å². The monoisotopic (exact) mass is 132 g/mol. The molecule has 0 aliphatic heterocycles. The van der Waals surface area contributed by atoms with Crippen molar-refractivity contribution >= 4 is 0 Å². The van der Waals surface area contributed by atoms with E-state index in [-0.39, 0.29) is 0 Å². The van der Waals surface area contributed by atoms with Crippen molar-refractivity contribution in [2.75, 3.05) is 0 Å². The molecule has 0 bridgehead atoms. The van der Waals surface area contributed by atoms with Gasteiger partial charge in [-0.3, -0.25) is 0 Å². The minimum atomic E-state index is 1.01. The number of hydrogen-bond donors (Lipinski definition) is 0. The SMILES string of the molecule is CC1=C=CCC=C(C)/C=C\1. The van der Waals surface area contributed by atoms with E-state index in [1.54, 1.807) is 0 Å². The third-order valence-electron chi connectivity index (χ3n) is 1.48. The van der Waals surface area contributed by atoms with Crippen LogP contribution < -0.4 is 0 Å². The van der Waals surface area contributed by atoms with Gasteiger partial charge < -0.3 is 0 Å². The Balaban J connectivity index is 2.87. The van der Waals surface area contributed by atoms with Gasteiger partial charge in [-0.15, -0.1) is 5.73 Å². The first kappa shape index (κ1) is 7.11. The van der Waals surface area contributed by atoms with Crippen LogP contribution >= 0.6 is 0 Å². The smallest absolute Gasteiger partial charge is 0.00871 e. The maximum absolute atomic E-state index is 3.17. The molecule has 1 rings (SSSR count). The molecule has 0 fully saturated rings. The Morgan fingerprint density at radius 1 is 1.30 bits per heavy atom. The first-order chi connectivity index (χ1) is 4.79. The van der Waals surface area contributed by atoms with Crippen LogP contribution in [0, 0.1) is 0 Å². The quantitative estimate of drug-likeness (QED) is 0.444. The largest absolute Gasteiger partial charge is 0.122 e. The van der Waals surface area contributed by atoms with Gasteiger partial charge in [0.05, 0.1) is 0 Å². The van der Waals surface area contributed by atoms with E-state index in [9.17, 15) is 0 Å². The second kappa shape index (κ2) is 3.24. The molecule has 0 amide bonds. The van der Waals surface area contributed by atoms with E-state index in [4.69, 9.17) is 0 Å². The van der Waals surface area contributed by atoms with Crippen molar-refractivity contribution in [3.63, 3.8) is 0 Å². The second-order valence-corrected chi connectivity index (χ2v) is 2.55. The third kappa shape index (κ3) is 2.08. The van der Waals surface area contributed by atoms with Crippen molar-refractivity contribution in [3.05, 3.63) is 41.2 Å². The van der Waals surface area contributed by atoms with Crippen LogP contribution in [0.25, 0.3) is 0 Å². The molecule has 0 radical (unpaired) electrons. The fraction of sp³-hybridized carbons (Fsp3) is 0.300. The maximum atomic E-state index is 3.17. The van der Waals surface area contributed by atoms with Gasteiger partial charge in [0.2, 0.25) is 0 Å². The highest BCUT2D eigenvalue weighted by Crippen LogP contribution is 2.04. The zero-order valence-electron chi connectivity index (χ0n) is 6.52. The predicted molar refractivity (Wildman–Crippen MR) is 44.8 cm³/mol. The summed E-state index contributed by atoms with van der Waals surface area (Å²) in [6, 6.07) is 0. The molecule has 1 aliphatic rings. The van der Waals surface area contributed by atoms with Crippen LogP contribution in [0.1, 0.15) is 20.3 Å². The number of rotatable bonds is 0. The molecule has 0 heteroatoms. The molecule has 0 nitrogen and oxygen atoms in total. The molecule has 0 saturated heterocycles. The summed E-state index contributed by atoms with van der Waals surface area (Å²) in [6.07, 6.45) is 9.46. The highest BCUT2D eigenvalue weighted by Gasteiger charge is 1.84. The number of hydrogen-bond acceptors (Lipinski definition) is 0. The van der Waals surface area contributed by atoms with Crippen LogP contribution in [0.5, 0.6) is 0 Å². The first-order valence-corrected chi connectivity index (χ1v) is 3.55. The van der Waals surface area contributed by atoms with Crippen LogP contribution in [-0.2, 0) is 0 Å². The first-order valence-electron chi connectivity index (χ1n) is 3.55. The Labute approximate surface area is 62.3 Å². The fourth-order valence-electron chi connectivity index (χ4n) is 0.837. The van der Waals surface area contributed by atoms with Gasteiger partial charge in [0.25, 0.3) is 0 Å². The summed E-state index contributed by atoms with van der Waals surface area (Å²) in [6.45, 7) is 4.18. The standard InChI is InChI=1S/C10H12/c1-9-5-3-4-6-10(2)8-7-9/h3,6-8H,4H2,1-2H3/b8-7-,10-6?. The van der Waals surface area contributed by atoms with E-state index in [1.807, 2.05) is 0 Å². The van der Waals surface area contributed by atoms with Crippen molar-refractivity contribution in [3.8, 4) is 0 Å². The van der Waals surface area contributed by atoms with Gasteiger partial charge in [-0.05, 0) is 31.9 Å². The molecule has 0 heterocycles. The lowest BCUT2D eigenvalue weighted by atomic mass is 10.1. The minimum absolute atomic E-state index is 1.01. The molecule has 10 heavy (non-hydrogen) atoms. The predicted octanol–water partition coefficient (Wildman–Crippen LogP) is 2.99. The van der Waals surface area contributed by atoms with E-state index in [1.165, 1.54) is 11.1 Å². The van der Waals surface area contributed by atoms with E-state index in [0.29, 0.717) is 0 Å².